The summed E-state index contributed by atoms with van der Waals surface area (Å²) in [5.74, 6) is -0.0481. The highest BCUT2D eigenvalue weighted by molar-refractivity contribution is 6.10. The number of halogens is 2. The van der Waals surface area contributed by atoms with Gasteiger partial charge in [-0.2, -0.15) is 0 Å². The summed E-state index contributed by atoms with van der Waals surface area (Å²) in [5.41, 5.74) is 9.19. The Kier molecular flexibility index (Phi) is 7.79. The van der Waals surface area contributed by atoms with Crippen molar-refractivity contribution in [2.75, 3.05) is 9.80 Å². The fourth-order valence-corrected chi connectivity index (χ4v) is 8.01. The van der Waals surface area contributed by atoms with Gasteiger partial charge in [0, 0.05) is 56.5 Å². The van der Waals surface area contributed by atoms with E-state index < -0.39 is 0 Å². The lowest BCUT2D eigenvalue weighted by Crippen LogP contribution is -2.10. The highest BCUT2D eigenvalue weighted by Gasteiger charge is 2.19. The zero-order valence-electron chi connectivity index (χ0n) is 30.8. The van der Waals surface area contributed by atoms with Gasteiger partial charge in [0.2, 0.25) is 5.89 Å². The molecular weight excluding hydrogens is 725 g/mol. The van der Waals surface area contributed by atoms with Crippen LogP contribution in [0.25, 0.3) is 66.0 Å². The van der Waals surface area contributed by atoms with Crippen molar-refractivity contribution < 1.29 is 17.6 Å². The topological polar surface area (TPSA) is 45.7 Å². The molecule has 0 N–H and O–H groups in total. The Morgan fingerprint density at radius 2 is 0.879 bits per heavy atom. The van der Waals surface area contributed by atoms with Crippen molar-refractivity contribution in [3.05, 3.63) is 200 Å². The maximum Gasteiger partial charge on any atom is 0.227 e. The third-order valence-corrected chi connectivity index (χ3v) is 10.8. The summed E-state index contributed by atoms with van der Waals surface area (Å²) in [5, 5.41) is 6.33. The molecule has 0 saturated carbocycles. The second kappa shape index (κ2) is 13.5. The molecule has 0 amide bonds. The largest absolute Gasteiger partial charge is 0.456 e. The molecule has 0 aliphatic rings. The number of aromatic nitrogens is 1. The number of fused-ring (bicyclic) bond motifs is 7. The van der Waals surface area contributed by atoms with E-state index in [1.54, 1.807) is 24.3 Å². The lowest BCUT2D eigenvalue weighted by molar-refractivity contribution is 0.620. The van der Waals surface area contributed by atoms with E-state index >= 15 is 0 Å². The van der Waals surface area contributed by atoms with Crippen LogP contribution in [0.2, 0.25) is 0 Å². The molecule has 9 aromatic carbocycles. The fourth-order valence-electron chi connectivity index (χ4n) is 8.01. The number of anilines is 6. The predicted molar refractivity (Wildman–Crippen MR) is 231 cm³/mol. The van der Waals surface area contributed by atoms with Gasteiger partial charge in [0.05, 0.1) is 0 Å². The number of nitrogens with zero attached hydrogens (tertiary/aromatic N) is 3. The van der Waals surface area contributed by atoms with Crippen LogP contribution in [-0.2, 0) is 0 Å². The van der Waals surface area contributed by atoms with E-state index in [4.69, 9.17) is 13.8 Å². The Hall–Kier alpha value is -7.77. The van der Waals surface area contributed by atoms with Crippen LogP contribution in [0.5, 0.6) is 0 Å². The first-order valence-electron chi connectivity index (χ1n) is 19.0. The molecule has 5 nitrogen and oxygen atoms in total. The van der Waals surface area contributed by atoms with Gasteiger partial charge in [0.1, 0.15) is 28.3 Å². The second-order valence-corrected chi connectivity index (χ2v) is 14.3. The molecule has 0 aliphatic carbocycles. The lowest BCUT2D eigenvalue weighted by Gasteiger charge is -2.26. The number of hydrogen-bond acceptors (Lipinski definition) is 5. The zero-order chi connectivity index (χ0) is 38.7. The van der Waals surface area contributed by atoms with Crippen LogP contribution in [-0.4, -0.2) is 4.98 Å². The smallest absolute Gasteiger partial charge is 0.227 e. The summed E-state index contributed by atoms with van der Waals surface area (Å²) in [4.78, 5) is 8.96. The molecule has 276 valence electrons. The molecule has 0 aliphatic heterocycles. The zero-order valence-corrected chi connectivity index (χ0v) is 30.8. The summed E-state index contributed by atoms with van der Waals surface area (Å²) in [6, 6.07) is 60.1. The van der Waals surface area contributed by atoms with Crippen LogP contribution >= 0.6 is 0 Å². The molecule has 58 heavy (non-hydrogen) atoms. The van der Waals surface area contributed by atoms with Gasteiger partial charge in [-0.25, -0.2) is 13.8 Å². The van der Waals surface area contributed by atoms with Crippen molar-refractivity contribution in [2.24, 2.45) is 0 Å². The molecular formula is C51H31F2N3O2. The Bertz CT molecular complexity index is 3320. The average molecular weight is 756 g/mol. The minimum absolute atomic E-state index is 0.293. The Balaban J connectivity index is 1.00. The van der Waals surface area contributed by atoms with E-state index in [1.807, 2.05) is 78.9 Å². The maximum absolute atomic E-state index is 14.2. The van der Waals surface area contributed by atoms with Gasteiger partial charge in [0.25, 0.3) is 0 Å². The maximum atomic E-state index is 14.2. The predicted octanol–water partition coefficient (Wildman–Crippen LogP) is 14.9. The van der Waals surface area contributed by atoms with Crippen molar-refractivity contribution in [3.8, 4) is 11.5 Å². The molecule has 0 unspecified atom stereocenters. The summed E-state index contributed by atoms with van der Waals surface area (Å²) in [6.45, 7) is 0. The molecule has 11 rings (SSSR count). The summed E-state index contributed by atoms with van der Waals surface area (Å²) < 4.78 is 40.8. The van der Waals surface area contributed by atoms with E-state index in [0.717, 1.165) is 88.7 Å². The van der Waals surface area contributed by atoms with Gasteiger partial charge in [-0.3, -0.25) is 0 Å². The van der Waals surface area contributed by atoms with Gasteiger partial charge in [-0.05, 0) is 143 Å². The molecule has 0 fully saturated rings. The van der Waals surface area contributed by atoms with Crippen LogP contribution in [0.3, 0.4) is 0 Å². The number of rotatable bonds is 7. The number of para-hydroxylation sites is 1. The molecule has 2 aromatic heterocycles. The molecule has 2 heterocycles. The highest BCUT2D eigenvalue weighted by atomic mass is 19.1. The van der Waals surface area contributed by atoms with Crippen molar-refractivity contribution in [1.29, 1.82) is 0 Å². The lowest BCUT2D eigenvalue weighted by atomic mass is 10.00. The van der Waals surface area contributed by atoms with Crippen LogP contribution in [0.1, 0.15) is 0 Å². The standard InChI is InChI=1S/C51H31F2N3O2/c52-35-12-16-37(17-13-35)55(41-23-27-49-46(30-41)45-8-4-5-9-48(45)57-49)39-20-24-43-33(28-39)10-11-34-29-40(21-25-44(34)43)56(38-18-14-36(53)15-19-38)42-22-26-47-50(31-42)58-51(54-47)32-6-2-1-3-7-32/h1-31H. The monoisotopic (exact) mass is 755 g/mol. The molecule has 0 spiro atoms. The van der Waals surface area contributed by atoms with E-state index in [9.17, 15) is 8.78 Å². The van der Waals surface area contributed by atoms with Crippen LogP contribution in [0.4, 0.5) is 42.9 Å². The van der Waals surface area contributed by atoms with Gasteiger partial charge < -0.3 is 18.6 Å². The third-order valence-electron chi connectivity index (χ3n) is 10.8. The molecule has 7 heteroatoms. The summed E-state index contributed by atoms with van der Waals surface area (Å²) >= 11 is 0. The fraction of sp³-hybridized carbons (Fsp3) is 0. The van der Waals surface area contributed by atoms with Crippen LogP contribution < -0.4 is 9.80 Å². The van der Waals surface area contributed by atoms with E-state index in [1.165, 1.54) is 24.3 Å². The van der Waals surface area contributed by atoms with E-state index in [-0.39, 0.29) is 11.6 Å². The first-order valence-corrected chi connectivity index (χ1v) is 19.0. The number of oxazole rings is 1. The minimum Gasteiger partial charge on any atom is -0.456 e. The first-order chi connectivity index (χ1) is 28.5. The second-order valence-electron chi connectivity index (χ2n) is 14.3. The van der Waals surface area contributed by atoms with E-state index in [2.05, 4.69) is 70.5 Å². The first kappa shape index (κ1) is 33.6. The van der Waals surface area contributed by atoms with Crippen molar-refractivity contribution in [3.63, 3.8) is 0 Å². The number of benzene rings is 9. The van der Waals surface area contributed by atoms with Gasteiger partial charge in [-0.15, -0.1) is 0 Å². The highest BCUT2D eigenvalue weighted by Crippen LogP contribution is 2.42. The Morgan fingerprint density at radius 3 is 1.53 bits per heavy atom. The summed E-state index contributed by atoms with van der Waals surface area (Å²) in [6.07, 6.45) is 0. The van der Waals surface area contributed by atoms with Crippen molar-refractivity contribution in [2.45, 2.75) is 0 Å². The third kappa shape index (κ3) is 5.80. The molecule has 0 radical (unpaired) electrons. The molecule has 0 atom stereocenters. The molecule has 0 bridgehead atoms. The minimum atomic E-state index is -0.306. The quantitative estimate of drug-likeness (QED) is 0.152. The van der Waals surface area contributed by atoms with Gasteiger partial charge >= 0.3 is 0 Å². The van der Waals surface area contributed by atoms with Gasteiger partial charge in [-0.1, -0.05) is 60.7 Å². The number of furan rings is 1. The molecule has 0 saturated heterocycles. The Morgan fingerprint density at radius 1 is 0.362 bits per heavy atom. The average Bonchev–Trinajstić information content (AvgIpc) is 3.87. The van der Waals surface area contributed by atoms with Crippen LogP contribution in [0.15, 0.2) is 197 Å². The Labute approximate surface area is 331 Å². The number of hydrogen-bond donors (Lipinski definition) is 0. The van der Waals surface area contributed by atoms with E-state index in [0.29, 0.717) is 11.5 Å². The normalized spacial score (nSPS) is 11.6. The van der Waals surface area contributed by atoms with Crippen molar-refractivity contribution in [1.82, 2.24) is 4.98 Å². The van der Waals surface area contributed by atoms with Crippen LogP contribution in [0, 0.1) is 11.6 Å². The summed E-state index contributed by atoms with van der Waals surface area (Å²) in [7, 11) is 0. The SMILES string of the molecule is Fc1ccc(N(c2ccc3c(ccc4cc(N(c5ccc(F)cc5)c5ccc6oc7ccccc7c6c5)ccc43)c2)c2ccc3nc(-c4ccccc4)oc3c2)cc1. The van der Waals surface area contributed by atoms with Crippen molar-refractivity contribution >= 4 is 88.7 Å². The van der Waals surface area contributed by atoms with Gasteiger partial charge in [0.15, 0.2) is 5.58 Å². The molecule has 11 aromatic rings.